The lowest BCUT2D eigenvalue weighted by Crippen LogP contribution is -2.50. The third-order valence-electron chi connectivity index (χ3n) is 4.16. The van der Waals surface area contributed by atoms with Crippen LogP contribution in [0.2, 0.25) is 0 Å². The number of sulfonamides is 2. The Kier molecular flexibility index (Phi) is 5.85. The lowest BCUT2D eigenvalue weighted by atomic mass is 10.3. The highest BCUT2D eigenvalue weighted by Crippen LogP contribution is 2.32. The molecule has 1 saturated heterocycles. The fourth-order valence-electron chi connectivity index (χ4n) is 2.81. The first-order chi connectivity index (χ1) is 13.5. The van der Waals surface area contributed by atoms with Crippen LogP contribution in [0, 0.1) is 0 Å². The maximum atomic E-state index is 12.8. The van der Waals surface area contributed by atoms with Crippen LogP contribution in [-0.4, -0.2) is 63.0 Å². The van der Waals surface area contributed by atoms with Gasteiger partial charge in [0.2, 0.25) is 20.0 Å². The summed E-state index contributed by atoms with van der Waals surface area (Å²) >= 11 is 0. The first-order valence-electron chi connectivity index (χ1n) is 8.27. The third kappa shape index (κ3) is 4.69. The lowest BCUT2D eigenvalue weighted by Gasteiger charge is -2.33. The summed E-state index contributed by atoms with van der Waals surface area (Å²) < 4.78 is 94.5. The van der Waals surface area contributed by atoms with Crippen molar-refractivity contribution in [2.24, 2.45) is 0 Å². The largest absolute Gasteiger partial charge is 0.573 e. The molecule has 13 heteroatoms. The zero-order valence-electron chi connectivity index (χ0n) is 14.8. The summed E-state index contributed by atoms with van der Waals surface area (Å²) in [5.74, 6) is -0.842. The minimum absolute atomic E-state index is 0.0276. The van der Waals surface area contributed by atoms with Crippen LogP contribution in [0.5, 0.6) is 5.75 Å². The Morgan fingerprint density at radius 2 is 1.45 bits per heavy atom. The van der Waals surface area contributed by atoms with E-state index >= 15 is 0 Å². The zero-order valence-corrected chi connectivity index (χ0v) is 16.4. The maximum Gasteiger partial charge on any atom is 0.573 e. The van der Waals surface area contributed by atoms with Crippen molar-refractivity contribution in [2.75, 3.05) is 26.2 Å². The average molecular weight is 451 g/mol. The number of halogens is 3. The molecule has 1 aliphatic rings. The highest BCUT2D eigenvalue weighted by molar-refractivity contribution is 7.89. The molecule has 8 nitrogen and oxygen atoms in total. The standard InChI is InChI=1S/C16H16F3N3O5S2/c17-16(18,19)27-14-5-1-2-6-15(14)29(25,26)22-10-8-21(9-11-22)28(23,24)13-4-3-7-20-12-13/h1-7,12H,8-11H2. The molecule has 29 heavy (non-hydrogen) atoms. The molecule has 0 atom stereocenters. The van der Waals surface area contributed by atoms with Gasteiger partial charge in [-0.1, -0.05) is 12.1 Å². The number of para-hydroxylation sites is 1. The van der Waals surface area contributed by atoms with Crippen LogP contribution >= 0.6 is 0 Å². The molecule has 0 bridgehead atoms. The van der Waals surface area contributed by atoms with E-state index in [1.165, 1.54) is 36.7 Å². The predicted octanol–water partition coefficient (Wildman–Crippen LogP) is 1.68. The molecule has 1 aliphatic heterocycles. The number of benzene rings is 1. The fourth-order valence-corrected chi connectivity index (χ4v) is 5.73. The van der Waals surface area contributed by atoms with Gasteiger partial charge in [-0.25, -0.2) is 16.8 Å². The number of hydrogen-bond acceptors (Lipinski definition) is 6. The molecule has 2 aromatic rings. The summed E-state index contributed by atoms with van der Waals surface area (Å²) in [5.41, 5.74) is 0. The Balaban J connectivity index is 1.79. The molecule has 2 heterocycles. The van der Waals surface area contributed by atoms with Gasteiger partial charge in [0.15, 0.2) is 0 Å². The average Bonchev–Trinajstić information content (AvgIpc) is 2.68. The number of nitrogens with zero attached hydrogens (tertiary/aromatic N) is 3. The molecule has 3 rings (SSSR count). The number of ether oxygens (including phenoxy) is 1. The molecule has 1 aromatic carbocycles. The molecule has 0 spiro atoms. The van der Waals surface area contributed by atoms with Crippen LogP contribution in [0.15, 0.2) is 58.6 Å². The van der Waals surface area contributed by atoms with Crippen molar-refractivity contribution < 1.29 is 34.7 Å². The molecule has 158 valence electrons. The van der Waals surface area contributed by atoms with E-state index in [0.717, 1.165) is 20.7 Å². The molecular formula is C16H16F3N3O5S2. The van der Waals surface area contributed by atoms with Gasteiger partial charge in [0, 0.05) is 38.6 Å². The minimum atomic E-state index is -5.05. The molecule has 0 amide bonds. The molecule has 0 unspecified atom stereocenters. The summed E-state index contributed by atoms with van der Waals surface area (Å²) in [7, 11) is -8.18. The number of alkyl halides is 3. The molecule has 1 fully saturated rings. The first kappa shape index (κ1) is 21.5. The van der Waals surface area contributed by atoms with Gasteiger partial charge in [0.1, 0.15) is 15.5 Å². The first-order valence-corrected chi connectivity index (χ1v) is 11.1. The quantitative estimate of drug-likeness (QED) is 0.686. The van der Waals surface area contributed by atoms with Crippen molar-refractivity contribution in [1.29, 1.82) is 0 Å². The highest BCUT2D eigenvalue weighted by atomic mass is 32.2. The van der Waals surface area contributed by atoms with Gasteiger partial charge < -0.3 is 4.74 Å². The number of hydrogen-bond donors (Lipinski definition) is 0. The van der Waals surface area contributed by atoms with E-state index in [-0.39, 0.29) is 31.1 Å². The second kappa shape index (κ2) is 7.89. The van der Waals surface area contributed by atoms with Crippen molar-refractivity contribution in [2.45, 2.75) is 16.2 Å². The number of rotatable bonds is 5. The zero-order chi connectivity index (χ0) is 21.3. The maximum absolute atomic E-state index is 12.8. The van der Waals surface area contributed by atoms with Gasteiger partial charge >= 0.3 is 6.36 Å². The smallest absolute Gasteiger partial charge is 0.404 e. The summed E-state index contributed by atoms with van der Waals surface area (Å²) in [5, 5.41) is 0. The summed E-state index contributed by atoms with van der Waals surface area (Å²) in [6, 6.07) is 7.25. The topological polar surface area (TPSA) is 96.9 Å². The van der Waals surface area contributed by atoms with E-state index in [0.29, 0.717) is 0 Å². The van der Waals surface area contributed by atoms with Crippen LogP contribution in [0.4, 0.5) is 13.2 Å². The molecule has 1 aromatic heterocycles. The van der Waals surface area contributed by atoms with Crippen LogP contribution in [0.25, 0.3) is 0 Å². The van der Waals surface area contributed by atoms with Gasteiger partial charge in [0.05, 0.1) is 0 Å². The van der Waals surface area contributed by atoms with Crippen LogP contribution in [-0.2, 0) is 20.0 Å². The van der Waals surface area contributed by atoms with E-state index in [4.69, 9.17) is 0 Å². The Bertz CT molecular complexity index is 1070. The Morgan fingerprint density at radius 1 is 0.862 bits per heavy atom. The molecule has 0 N–H and O–H groups in total. The number of piperazine rings is 1. The monoisotopic (exact) mass is 451 g/mol. The molecular weight excluding hydrogens is 435 g/mol. The van der Waals surface area contributed by atoms with Crippen molar-refractivity contribution in [3.05, 3.63) is 48.8 Å². The highest BCUT2D eigenvalue weighted by Gasteiger charge is 2.38. The summed E-state index contributed by atoms with van der Waals surface area (Å²) in [4.78, 5) is 3.10. The van der Waals surface area contributed by atoms with Gasteiger partial charge in [0.25, 0.3) is 0 Å². The van der Waals surface area contributed by atoms with Crippen LogP contribution < -0.4 is 4.74 Å². The van der Waals surface area contributed by atoms with Crippen molar-refractivity contribution in [3.8, 4) is 5.75 Å². The van der Waals surface area contributed by atoms with Gasteiger partial charge in [-0.05, 0) is 24.3 Å². The Morgan fingerprint density at radius 3 is 2.00 bits per heavy atom. The third-order valence-corrected chi connectivity index (χ3v) is 7.98. The second-order valence-corrected chi connectivity index (χ2v) is 9.84. The van der Waals surface area contributed by atoms with E-state index in [2.05, 4.69) is 9.72 Å². The van der Waals surface area contributed by atoms with Crippen molar-refractivity contribution in [1.82, 2.24) is 13.6 Å². The predicted molar refractivity (Wildman–Crippen MR) is 94.9 cm³/mol. The normalized spacial score (nSPS) is 17.2. The second-order valence-electron chi connectivity index (χ2n) is 5.99. The molecule has 0 radical (unpaired) electrons. The summed E-state index contributed by atoms with van der Waals surface area (Å²) in [6.07, 6.45) is -2.45. The number of pyridine rings is 1. The lowest BCUT2D eigenvalue weighted by molar-refractivity contribution is -0.275. The SMILES string of the molecule is O=S(=O)(c1cccnc1)N1CCN(S(=O)(=O)c2ccccc2OC(F)(F)F)CC1. The Labute approximate surface area is 165 Å². The molecule has 0 aliphatic carbocycles. The van der Waals surface area contributed by atoms with Crippen molar-refractivity contribution in [3.63, 3.8) is 0 Å². The number of aromatic nitrogens is 1. The Hall–Kier alpha value is -2.22. The van der Waals surface area contributed by atoms with Gasteiger partial charge in [-0.15, -0.1) is 13.2 Å². The fraction of sp³-hybridized carbons (Fsp3) is 0.312. The van der Waals surface area contributed by atoms with Gasteiger partial charge in [-0.2, -0.15) is 8.61 Å². The summed E-state index contributed by atoms with van der Waals surface area (Å²) in [6.45, 7) is -0.748. The van der Waals surface area contributed by atoms with E-state index in [1.54, 1.807) is 0 Å². The van der Waals surface area contributed by atoms with E-state index in [1.807, 2.05) is 0 Å². The van der Waals surface area contributed by atoms with Crippen LogP contribution in [0.3, 0.4) is 0 Å². The minimum Gasteiger partial charge on any atom is -0.404 e. The van der Waals surface area contributed by atoms with Gasteiger partial charge in [-0.3, -0.25) is 4.98 Å². The van der Waals surface area contributed by atoms with E-state index in [9.17, 15) is 30.0 Å². The van der Waals surface area contributed by atoms with Crippen molar-refractivity contribution >= 4 is 20.0 Å². The van der Waals surface area contributed by atoms with Crippen LogP contribution in [0.1, 0.15) is 0 Å². The van der Waals surface area contributed by atoms with E-state index < -0.39 is 37.1 Å². The molecule has 0 saturated carbocycles.